The standard InChI is InChI=1S/C23H24N6O/c1-16-7-6-8-17(15-16)22-27-28-23(30-22)21-25-19-10-3-2-9-18(19)20(26-21)24-11-14-29-12-4-5-13-29/h2-3,6-10,15H,4-5,11-14H2,1H3,(H,24,25,26). The van der Waals surface area contributed by atoms with Crippen LogP contribution < -0.4 is 5.32 Å². The molecule has 0 aliphatic carbocycles. The summed E-state index contributed by atoms with van der Waals surface area (Å²) in [5.74, 6) is 2.02. The maximum Gasteiger partial charge on any atom is 0.286 e. The van der Waals surface area contributed by atoms with Gasteiger partial charge in [-0.25, -0.2) is 9.97 Å². The van der Waals surface area contributed by atoms with E-state index in [1.807, 2.05) is 55.5 Å². The van der Waals surface area contributed by atoms with Crippen LogP contribution in [0.25, 0.3) is 34.1 Å². The molecule has 1 saturated heterocycles. The van der Waals surface area contributed by atoms with Crippen molar-refractivity contribution in [3.05, 3.63) is 54.1 Å². The first-order valence-corrected chi connectivity index (χ1v) is 10.4. The smallest absolute Gasteiger partial charge is 0.286 e. The molecule has 0 bridgehead atoms. The molecule has 2 aromatic heterocycles. The Morgan fingerprint density at radius 1 is 0.967 bits per heavy atom. The number of nitrogens with one attached hydrogen (secondary N) is 1. The van der Waals surface area contributed by atoms with Crippen LogP contribution in [0.5, 0.6) is 0 Å². The summed E-state index contributed by atoms with van der Waals surface area (Å²) in [6, 6.07) is 16.0. The van der Waals surface area contributed by atoms with Crippen molar-refractivity contribution in [2.75, 3.05) is 31.5 Å². The van der Waals surface area contributed by atoms with Crippen LogP contribution >= 0.6 is 0 Å². The Hall–Kier alpha value is -3.32. The van der Waals surface area contributed by atoms with Crippen LogP contribution in [0.4, 0.5) is 5.82 Å². The highest BCUT2D eigenvalue weighted by molar-refractivity contribution is 5.90. The number of anilines is 1. The Labute approximate surface area is 175 Å². The summed E-state index contributed by atoms with van der Waals surface area (Å²) in [5.41, 5.74) is 2.87. The number of benzene rings is 2. The third-order valence-electron chi connectivity index (χ3n) is 5.40. The first-order valence-electron chi connectivity index (χ1n) is 10.4. The summed E-state index contributed by atoms with van der Waals surface area (Å²) in [4.78, 5) is 11.9. The van der Waals surface area contributed by atoms with Gasteiger partial charge in [0, 0.05) is 24.0 Å². The van der Waals surface area contributed by atoms with Gasteiger partial charge >= 0.3 is 0 Å². The minimum atomic E-state index is 0.319. The molecule has 0 radical (unpaired) electrons. The van der Waals surface area contributed by atoms with Crippen molar-refractivity contribution >= 4 is 16.7 Å². The van der Waals surface area contributed by atoms with Gasteiger partial charge in [-0.05, 0) is 57.1 Å². The van der Waals surface area contributed by atoms with Crippen molar-refractivity contribution in [1.29, 1.82) is 0 Å². The van der Waals surface area contributed by atoms with E-state index in [1.54, 1.807) is 0 Å². The summed E-state index contributed by atoms with van der Waals surface area (Å²) < 4.78 is 5.92. The average molecular weight is 400 g/mol. The second kappa shape index (κ2) is 8.20. The van der Waals surface area contributed by atoms with E-state index in [0.717, 1.165) is 40.9 Å². The Balaban J connectivity index is 1.44. The summed E-state index contributed by atoms with van der Waals surface area (Å²) in [6.07, 6.45) is 2.59. The number of fused-ring (bicyclic) bond motifs is 1. The van der Waals surface area contributed by atoms with E-state index in [2.05, 4.69) is 25.4 Å². The largest absolute Gasteiger partial charge is 0.413 e. The van der Waals surface area contributed by atoms with E-state index in [9.17, 15) is 0 Å². The zero-order valence-electron chi connectivity index (χ0n) is 17.0. The minimum absolute atomic E-state index is 0.319. The summed E-state index contributed by atoms with van der Waals surface area (Å²) >= 11 is 0. The lowest BCUT2D eigenvalue weighted by Gasteiger charge is -2.15. The van der Waals surface area contributed by atoms with Gasteiger partial charge in [-0.1, -0.05) is 29.8 Å². The molecular weight excluding hydrogens is 376 g/mol. The molecule has 152 valence electrons. The summed E-state index contributed by atoms with van der Waals surface area (Å²) in [6.45, 7) is 6.24. The monoisotopic (exact) mass is 400 g/mol. The molecule has 2 aromatic carbocycles. The van der Waals surface area contributed by atoms with Gasteiger partial charge in [-0.3, -0.25) is 0 Å². The van der Waals surface area contributed by atoms with Gasteiger partial charge in [0.1, 0.15) is 5.82 Å². The van der Waals surface area contributed by atoms with E-state index in [1.165, 1.54) is 25.9 Å². The lowest BCUT2D eigenvalue weighted by Crippen LogP contribution is -2.26. The minimum Gasteiger partial charge on any atom is -0.413 e. The van der Waals surface area contributed by atoms with Crippen molar-refractivity contribution in [2.45, 2.75) is 19.8 Å². The quantitative estimate of drug-likeness (QED) is 0.520. The molecule has 1 fully saturated rings. The first-order chi connectivity index (χ1) is 14.8. The van der Waals surface area contributed by atoms with E-state index < -0.39 is 0 Å². The van der Waals surface area contributed by atoms with Crippen molar-refractivity contribution in [3.63, 3.8) is 0 Å². The number of nitrogens with zero attached hydrogens (tertiary/aromatic N) is 5. The molecule has 0 saturated carbocycles. The van der Waals surface area contributed by atoms with Crippen molar-refractivity contribution in [2.24, 2.45) is 0 Å². The van der Waals surface area contributed by atoms with Crippen molar-refractivity contribution < 1.29 is 4.42 Å². The fraction of sp³-hybridized carbons (Fsp3) is 0.304. The molecule has 4 aromatic rings. The van der Waals surface area contributed by atoms with E-state index in [-0.39, 0.29) is 0 Å². The molecule has 0 spiro atoms. The molecule has 1 aliphatic rings. The highest BCUT2D eigenvalue weighted by Gasteiger charge is 2.17. The maximum atomic E-state index is 5.92. The van der Waals surface area contributed by atoms with Crippen molar-refractivity contribution in [1.82, 2.24) is 25.1 Å². The Morgan fingerprint density at radius 3 is 2.67 bits per heavy atom. The lowest BCUT2D eigenvalue weighted by molar-refractivity contribution is 0.352. The molecule has 7 heteroatoms. The topological polar surface area (TPSA) is 80.0 Å². The normalized spacial score (nSPS) is 14.4. The summed E-state index contributed by atoms with van der Waals surface area (Å²) in [5, 5.41) is 12.9. The second-order valence-corrected chi connectivity index (χ2v) is 7.67. The third kappa shape index (κ3) is 3.89. The number of aryl methyl sites for hydroxylation is 1. The van der Waals surface area contributed by atoms with Gasteiger partial charge in [-0.15, -0.1) is 10.2 Å². The molecule has 0 unspecified atom stereocenters. The van der Waals surface area contributed by atoms with E-state index in [4.69, 9.17) is 9.40 Å². The maximum absolute atomic E-state index is 5.92. The number of rotatable bonds is 6. The number of hydrogen-bond donors (Lipinski definition) is 1. The molecule has 5 rings (SSSR count). The Kier molecular flexibility index (Phi) is 5.11. The Morgan fingerprint density at radius 2 is 1.80 bits per heavy atom. The molecule has 0 amide bonds. The van der Waals surface area contributed by atoms with Gasteiger partial charge in [0.25, 0.3) is 5.89 Å². The van der Waals surface area contributed by atoms with Gasteiger partial charge in [0.2, 0.25) is 11.7 Å². The third-order valence-corrected chi connectivity index (χ3v) is 5.40. The molecule has 1 aliphatic heterocycles. The fourth-order valence-electron chi connectivity index (χ4n) is 3.85. The molecule has 0 atom stereocenters. The van der Waals surface area contributed by atoms with Crippen LogP contribution in [0.3, 0.4) is 0 Å². The fourth-order valence-corrected chi connectivity index (χ4v) is 3.85. The van der Waals surface area contributed by atoms with E-state index in [0.29, 0.717) is 17.6 Å². The molecule has 1 N–H and O–H groups in total. The van der Waals surface area contributed by atoms with E-state index >= 15 is 0 Å². The second-order valence-electron chi connectivity index (χ2n) is 7.67. The van der Waals surface area contributed by atoms with Crippen LogP contribution in [0.1, 0.15) is 18.4 Å². The number of hydrogen-bond acceptors (Lipinski definition) is 7. The molecular formula is C23H24N6O. The van der Waals surface area contributed by atoms with Crippen LogP contribution in [0.2, 0.25) is 0 Å². The SMILES string of the molecule is Cc1cccc(-c2nnc(-c3nc(NCCN4CCCC4)c4ccccc4n3)o2)c1. The van der Waals surface area contributed by atoms with Crippen LogP contribution in [-0.4, -0.2) is 51.2 Å². The van der Waals surface area contributed by atoms with Gasteiger partial charge < -0.3 is 14.6 Å². The number of aromatic nitrogens is 4. The average Bonchev–Trinajstić information content (AvgIpc) is 3.46. The summed E-state index contributed by atoms with van der Waals surface area (Å²) in [7, 11) is 0. The predicted octanol–water partition coefficient (Wildman–Crippen LogP) is 4.16. The predicted molar refractivity (Wildman–Crippen MR) is 117 cm³/mol. The first kappa shape index (κ1) is 18.7. The van der Waals surface area contributed by atoms with Gasteiger partial charge in [-0.2, -0.15) is 0 Å². The van der Waals surface area contributed by atoms with Gasteiger partial charge in [0.05, 0.1) is 5.52 Å². The van der Waals surface area contributed by atoms with Crippen molar-refractivity contribution in [3.8, 4) is 23.2 Å². The molecule has 30 heavy (non-hydrogen) atoms. The molecule has 7 nitrogen and oxygen atoms in total. The molecule has 3 heterocycles. The highest BCUT2D eigenvalue weighted by atomic mass is 16.4. The van der Waals surface area contributed by atoms with Gasteiger partial charge in [0.15, 0.2) is 0 Å². The lowest BCUT2D eigenvalue weighted by atomic mass is 10.1. The van der Waals surface area contributed by atoms with Crippen LogP contribution in [0.15, 0.2) is 52.9 Å². The van der Waals surface area contributed by atoms with Crippen LogP contribution in [0, 0.1) is 6.92 Å². The highest BCUT2D eigenvalue weighted by Crippen LogP contribution is 2.27. The van der Waals surface area contributed by atoms with Crippen LogP contribution in [-0.2, 0) is 0 Å². The zero-order valence-corrected chi connectivity index (χ0v) is 17.0. The number of likely N-dealkylation sites (tertiary alicyclic amines) is 1. The zero-order chi connectivity index (χ0) is 20.3. The number of para-hydroxylation sites is 1. The Bertz CT molecular complexity index is 1170.